The Morgan fingerprint density at radius 2 is 1.53 bits per heavy atom. The zero-order valence-corrected chi connectivity index (χ0v) is 22.4. The van der Waals surface area contributed by atoms with Crippen molar-refractivity contribution in [3.63, 3.8) is 0 Å². The highest BCUT2D eigenvalue weighted by Crippen LogP contribution is 2.43. The first kappa shape index (κ1) is 26.1. The normalized spacial score (nSPS) is 23.0. The summed E-state index contributed by atoms with van der Waals surface area (Å²) in [4.78, 5) is 41.2. The highest BCUT2D eigenvalue weighted by molar-refractivity contribution is 5.94. The van der Waals surface area contributed by atoms with Crippen LogP contribution in [0.15, 0.2) is 54.6 Å². The van der Waals surface area contributed by atoms with Gasteiger partial charge in [-0.15, -0.1) is 0 Å². The number of hydrogen-bond acceptors (Lipinski definition) is 5. The van der Waals surface area contributed by atoms with E-state index in [2.05, 4.69) is 17.4 Å². The molecule has 1 N–H and O–H groups in total. The summed E-state index contributed by atoms with van der Waals surface area (Å²) in [6.45, 7) is 6.65. The number of piperidine rings is 1. The fraction of sp³-hybridized carbons (Fsp3) is 0.500. The molecule has 3 aliphatic rings. The van der Waals surface area contributed by atoms with E-state index in [-0.39, 0.29) is 36.6 Å². The van der Waals surface area contributed by atoms with Crippen LogP contribution < -0.4 is 5.32 Å². The average Bonchev–Trinajstić information content (AvgIpc) is 3.11. The molecular weight excluding hydrogens is 482 g/mol. The number of fused-ring (bicyclic) bond motifs is 2. The summed E-state index contributed by atoms with van der Waals surface area (Å²) >= 11 is 0. The van der Waals surface area contributed by atoms with Crippen molar-refractivity contribution in [1.29, 1.82) is 0 Å². The largest absolute Gasteiger partial charge is 0.445 e. The molecule has 2 aromatic carbocycles. The zero-order valence-electron chi connectivity index (χ0n) is 22.4. The molecule has 2 bridgehead atoms. The molecule has 38 heavy (non-hydrogen) atoms. The third-order valence-electron chi connectivity index (χ3n) is 7.70. The van der Waals surface area contributed by atoms with E-state index in [1.54, 1.807) is 4.90 Å². The van der Waals surface area contributed by atoms with Crippen molar-refractivity contribution in [1.82, 2.24) is 9.80 Å². The Morgan fingerprint density at radius 3 is 2.13 bits per heavy atom. The fourth-order valence-electron chi connectivity index (χ4n) is 5.75. The van der Waals surface area contributed by atoms with E-state index in [0.717, 1.165) is 36.9 Å². The van der Waals surface area contributed by atoms with Crippen LogP contribution in [0.5, 0.6) is 0 Å². The summed E-state index contributed by atoms with van der Waals surface area (Å²) in [6.07, 6.45) is 3.31. The summed E-state index contributed by atoms with van der Waals surface area (Å²) in [7, 11) is 0. The number of carbonyl (C=O) groups is 3. The molecule has 3 fully saturated rings. The maximum absolute atomic E-state index is 12.7. The predicted octanol–water partition coefficient (Wildman–Crippen LogP) is 5.54. The number of hydrogen-bond donors (Lipinski definition) is 1. The smallest absolute Gasteiger partial charge is 0.410 e. The lowest BCUT2D eigenvalue weighted by Crippen LogP contribution is -2.54. The molecule has 5 rings (SSSR count). The van der Waals surface area contributed by atoms with Crippen LogP contribution >= 0.6 is 0 Å². The highest BCUT2D eigenvalue weighted by Gasteiger charge is 2.45. The summed E-state index contributed by atoms with van der Waals surface area (Å²) in [6, 6.07) is 18.0. The molecule has 0 aromatic heterocycles. The van der Waals surface area contributed by atoms with Gasteiger partial charge in [-0.1, -0.05) is 42.5 Å². The molecule has 0 saturated carbocycles. The Bertz CT molecular complexity index is 1140. The number of nitrogens with one attached hydrogen (secondary N) is 1. The number of likely N-dealkylation sites (tertiary alicyclic amines) is 1. The highest BCUT2D eigenvalue weighted by atomic mass is 16.6. The number of anilines is 1. The summed E-state index contributed by atoms with van der Waals surface area (Å²) < 4.78 is 11.0. The van der Waals surface area contributed by atoms with E-state index in [4.69, 9.17) is 9.47 Å². The van der Waals surface area contributed by atoms with Gasteiger partial charge in [-0.3, -0.25) is 4.79 Å². The van der Waals surface area contributed by atoms with E-state index in [1.165, 1.54) is 5.56 Å². The van der Waals surface area contributed by atoms with Crippen LogP contribution in [0.2, 0.25) is 0 Å². The van der Waals surface area contributed by atoms with Gasteiger partial charge in [-0.05, 0) is 75.6 Å². The van der Waals surface area contributed by atoms with E-state index in [9.17, 15) is 14.4 Å². The lowest BCUT2D eigenvalue weighted by Gasteiger charge is -2.39. The van der Waals surface area contributed by atoms with Crippen molar-refractivity contribution in [2.75, 3.05) is 18.4 Å². The summed E-state index contributed by atoms with van der Waals surface area (Å²) in [5, 5.41) is 2.98. The number of rotatable bonds is 5. The Kier molecular flexibility index (Phi) is 7.32. The van der Waals surface area contributed by atoms with Crippen LogP contribution in [0.4, 0.5) is 15.3 Å². The monoisotopic (exact) mass is 519 g/mol. The maximum atomic E-state index is 12.7. The minimum atomic E-state index is -0.489. The van der Waals surface area contributed by atoms with Gasteiger partial charge in [-0.2, -0.15) is 0 Å². The second-order valence-corrected chi connectivity index (χ2v) is 11.7. The van der Waals surface area contributed by atoms with Gasteiger partial charge in [0.05, 0.1) is 5.92 Å². The molecule has 2 atom stereocenters. The lowest BCUT2D eigenvalue weighted by molar-refractivity contribution is -0.124. The molecule has 202 valence electrons. The van der Waals surface area contributed by atoms with E-state index in [1.807, 2.05) is 68.1 Å². The number of carbonyl (C=O) groups excluding carboxylic acids is 3. The van der Waals surface area contributed by atoms with Gasteiger partial charge in [0.25, 0.3) is 0 Å². The SMILES string of the molecule is CC(C)(C)OC(=O)N1C2CCC1CC(c1ccc(NC(=O)C3CN(C(=O)OCc4ccccc4)C3)cc1)C2. The topological polar surface area (TPSA) is 88.2 Å². The third-order valence-corrected chi connectivity index (χ3v) is 7.70. The minimum absolute atomic E-state index is 0.0893. The van der Waals surface area contributed by atoms with Crippen LogP contribution in [0.1, 0.15) is 63.5 Å². The second-order valence-electron chi connectivity index (χ2n) is 11.7. The molecule has 2 aromatic rings. The molecule has 3 heterocycles. The summed E-state index contributed by atoms with van der Waals surface area (Å²) in [5.74, 6) is 0.0540. The number of nitrogens with zero attached hydrogens (tertiary/aromatic N) is 2. The number of benzene rings is 2. The molecule has 2 unspecified atom stereocenters. The first-order valence-electron chi connectivity index (χ1n) is 13.5. The van der Waals surface area contributed by atoms with Gasteiger partial charge in [0.15, 0.2) is 0 Å². The molecule has 3 aliphatic heterocycles. The lowest BCUT2D eigenvalue weighted by atomic mass is 9.85. The molecule has 0 spiro atoms. The molecule has 3 saturated heterocycles. The molecule has 8 heteroatoms. The van der Waals surface area contributed by atoms with Crippen LogP contribution in [-0.2, 0) is 20.9 Å². The van der Waals surface area contributed by atoms with E-state index >= 15 is 0 Å². The first-order chi connectivity index (χ1) is 18.2. The molecule has 0 aliphatic carbocycles. The van der Waals surface area contributed by atoms with Crippen LogP contribution in [0, 0.1) is 5.92 Å². The molecule has 8 nitrogen and oxygen atoms in total. The van der Waals surface area contributed by atoms with E-state index in [0.29, 0.717) is 19.0 Å². The maximum Gasteiger partial charge on any atom is 0.410 e. The Morgan fingerprint density at radius 1 is 0.895 bits per heavy atom. The molecule has 3 amide bonds. The standard InChI is InChI=1S/C30H37N3O5/c1-30(2,3)38-29(36)33-25-13-14-26(33)16-22(15-25)21-9-11-24(12-10-21)31-27(34)23-17-32(18-23)28(35)37-19-20-7-5-4-6-8-20/h4-12,22-23,25-26H,13-19H2,1-3H3,(H,31,34). The van der Waals surface area contributed by atoms with Crippen LogP contribution in [-0.4, -0.2) is 58.7 Å². The molecule has 0 radical (unpaired) electrons. The van der Waals surface area contributed by atoms with Gasteiger partial charge in [0, 0.05) is 30.9 Å². The van der Waals surface area contributed by atoms with E-state index < -0.39 is 11.7 Å². The Hall–Kier alpha value is -3.55. The van der Waals surface area contributed by atoms with Crippen molar-refractivity contribution >= 4 is 23.8 Å². The van der Waals surface area contributed by atoms with Crippen LogP contribution in [0.3, 0.4) is 0 Å². The third kappa shape index (κ3) is 5.95. The van der Waals surface area contributed by atoms with Crippen molar-refractivity contribution in [3.8, 4) is 0 Å². The second kappa shape index (κ2) is 10.7. The van der Waals surface area contributed by atoms with Gasteiger partial charge in [0.1, 0.15) is 12.2 Å². The average molecular weight is 520 g/mol. The van der Waals surface area contributed by atoms with Crippen molar-refractivity contribution < 1.29 is 23.9 Å². The Labute approximate surface area is 224 Å². The first-order valence-corrected chi connectivity index (χ1v) is 13.5. The predicted molar refractivity (Wildman–Crippen MR) is 144 cm³/mol. The molecular formula is C30H37N3O5. The van der Waals surface area contributed by atoms with Crippen molar-refractivity contribution in [2.24, 2.45) is 5.92 Å². The summed E-state index contributed by atoms with van der Waals surface area (Å²) in [5.41, 5.74) is 2.43. The number of ether oxygens (including phenoxy) is 2. The van der Waals surface area contributed by atoms with Gasteiger partial charge < -0.3 is 24.6 Å². The van der Waals surface area contributed by atoms with Crippen molar-refractivity contribution in [3.05, 3.63) is 65.7 Å². The van der Waals surface area contributed by atoms with Gasteiger partial charge >= 0.3 is 12.2 Å². The fourth-order valence-corrected chi connectivity index (χ4v) is 5.75. The van der Waals surface area contributed by atoms with Gasteiger partial charge in [-0.25, -0.2) is 9.59 Å². The van der Waals surface area contributed by atoms with Crippen molar-refractivity contribution in [2.45, 2.75) is 76.7 Å². The van der Waals surface area contributed by atoms with Crippen LogP contribution in [0.25, 0.3) is 0 Å². The number of amides is 3. The quantitative estimate of drug-likeness (QED) is 0.560. The van der Waals surface area contributed by atoms with Gasteiger partial charge in [0.2, 0.25) is 5.91 Å². The minimum Gasteiger partial charge on any atom is -0.445 e. The Balaban J connectivity index is 1.08. The zero-order chi connectivity index (χ0) is 26.9.